The highest BCUT2D eigenvalue weighted by molar-refractivity contribution is 5.96. The minimum Gasteiger partial charge on any atom is -0.464 e. The first-order chi connectivity index (χ1) is 12.9. The molecule has 2 rings (SSSR count). The molecule has 144 valence electrons. The lowest BCUT2D eigenvalue weighted by atomic mass is 10.0. The van der Waals surface area contributed by atoms with Crippen LogP contribution in [0.15, 0.2) is 42.5 Å². The van der Waals surface area contributed by atoms with Gasteiger partial charge in [-0.3, -0.25) is 9.78 Å². The maximum atomic E-state index is 13.0. The molecule has 1 aromatic heterocycles. The Kier molecular flexibility index (Phi) is 7.46. The summed E-state index contributed by atoms with van der Waals surface area (Å²) in [6, 6.07) is 10.2. The molecule has 2 aromatic rings. The number of amides is 1. The molecule has 0 aliphatic rings. The molecule has 0 fully saturated rings. The third-order valence-corrected chi connectivity index (χ3v) is 4.08. The number of aryl methyl sites for hydroxylation is 2. The van der Waals surface area contributed by atoms with Gasteiger partial charge in [-0.1, -0.05) is 19.9 Å². The number of rotatable bonds is 8. The molecule has 0 radical (unpaired) electrons. The van der Waals surface area contributed by atoms with Crippen LogP contribution in [0.1, 0.15) is 42.0 Å². The predicted molar refractivity (Wildman–Crippen MR) is 101 cm³/mol. The first-order valence-electron chi connectivity index (χ1n) is 9.02. The van der Waals surface area contributed by atoms with Crippen molar-refractivity contribution in [2.45, 2.75) is 39.7 Å². The summed E-state index contributed by atoms with van der Waals surface area (Å²) >= 11 is 0. The summed E-state index contributed by atoms with van der Waals surface area (Å²) in [6.07, 6.45) is 1.36. The van der Waals surface area contributed by atoms with Crippen LogP contribution in [0.4, 0.5) is 4.39 Å². The van der Waals surface area contributed by atoms with E-state index >= 15 is 0 Å². The highest BCUT2D eigenvalue weighted by atomic mass is 19.1. The van der Waals surface area contributed by atoms with Gasteiger partial charge in [-0.15, -0.1) is 0 Å². The van der Waals surface area contributed by atoms with Crippen molar-refractivity contribution in [2.24, 2.45) is 5.92 Å². The fourth-order valence-electron chi connectivity index (χ4n) is 2.58. The molecule has 0 bridgehead atoms. The number of esters is 1. The lowest BCUT2D eigenvalue weighted by Gasteiger charge is -2.21. The molecule has 27 heavy (non-hydrogen) atoms. The third-order valence-electron chi connectivity index (χ3n) is 4.08. The van der Waals surface area contributed by atoms with E-state index < -0.39 is 23.7 Å². The molecule has 6 heteroatoms. The monoisotopic (exact) mass is 372 g/mol. The number of nitrogens with one attached hydrogen (secondary N) is 1. The zero-order valence-electron chi connectivity index (χ0n) is 15.9. The highest BCUT2D eigenvalue weighted by Gasteiger charge is 2.26. The fraction of sp³-hybridized carbons (Fsp3) is 0.381. The van der Waals surface area contributed by atoms with E-state index in [0.717, 1.165) is 11.4 Å². The van der Waals surface area contributed by atoms with Gasteiger partial charge in [0.1, 0.15) is 11.9 Å². The van der Waals surface area contributed by atoms with E-state index in [1.807, 2.05) is 39.0 Å². The Labute approximate surface area is 159 Å². The number of aromatic nitrogens is 1. The molecule has 1 heterocycles. The van der Waals surface area contributed by atoms with Gasteiger partial charge in [-0.05, 0) is 62.1 Å². The van der Waals surface area contributed by atoms with E-state index in [1.54, 1.807) is 0 Å². The average molecular weight is 372 g/mol. The fourth-order valence-corrected chi connectivity index (χ4v) is 2.58. The van der Waals surface area contributed by atoms with E-state index in [2.05, 4.69) is 10.3 Å². The molecule has 1 N–H and O–H groups in total. The number of carbonyl (C=O) groups is 2. The van der Waals surface area contributed by atoms with Gasteiger partial charge in [-0.2, -0.15) is 0 Å². The molecule has 1 amide bonds. The molecule has 0 saturated heterocycles. The molecule has 1 atom stereocenters. The third kappa shape index (κ3) is 6.47. The summed E-state index contributed by atoms with van der Waals surface area (Å²) in [7, 11) is 0. The summed E-state index contributed by atoms with van der Waals surface area (Å²) in [5, 5.41) is 2.67. The standard InChI is InChI=1S/C21H25FN2O3/c1-14(2)19(24-20(25)16-9-11-17(22)12-10-16)21(26)27-13-5-8-18-7-4-6-15(3)23-18/h4,6-7,9-12,14,19H,5,8,13H2,1-3H3,(H,24,25). The second kappa shape index (κ2) is 9.80. The number of halogens is 1. The Morgan fingerprint density at radius 1 is 1.15 bits per heavy atom. The van der Waals surface area contributed by atoms with E-state index in [9.17, 15) is 14.0 Å². The molecule has 1 aromatic carbocycles. The van der Waals surface area contributed by atoms with Gasteiger partial charge in [0.25, 0.3) is 5.91 Å². The Morgan fingerprint density at radius 2 is 1.85 bits per heavy atom. The van der Waals surface area contributed by atoms with Crippen LogP contribution < -0.4 is 5.32 Å². The molecular weight excluding hydrogens is 347 g/mol. The Bertz CT molecular complexity index is 775. The van der Waals surface area contributed by atoms with Crippen molar-refractivity contribution in [3.8, 4) is 0 Å². The summed E-state index contributed by atoms with van der Waals surface area (Å²) in [4.78, 5) is 29.0. The maximum absolute atomic E-state index is 13.0. The van der Waals surface area contributed by atoms with Crippen molar-refractivity contribution in [3.63, 3.8) is 0 Å². The van der Waals surface area contributed by atoms with E-state index in [4.69, 9.17) is 4.74 Å². The van der Waals surface area contributed by atoms with Gasteiger partial charge >= 0.3 is 5.97 Å². The summed E-state index contributed by atoms with van der Waals surface area (Å²) < 4.78 is 18.3. The summed E-state index contributed by atoms with van der Waals surface area (Å²) in [5.41, 5.74) is 2.20. The lowest BCUT2D eigenvalue weighted by molar-refractivity contribution is -0.147. The van der Waals surface area contributed by atoms with Crippen molar-refractivity contribution < 1.29 is 18.7 Å². The molecule has 0 aliphatic heterocycles. The van der Waals surface area contributed by atoms with Crippen LogP contribution in [-0.2, 0) is 16.0 Å². The van der Waals surface area contributed by atoms with Gasteiger partial charge in [0, 0.05) is 17.0 Å². The van der Waals surface area contributed by atoms with Crippen LogP contribution in [0.3, 0.4) is 0 Å². The normalized spacial score (nSPS) is 11.9. The lowest BCUT2D eigenvalue weighted by Crippen LogP contribution is -2.45. The summed E-state index contributed by atoms with van der Waals surface area (Å²) in [5.74, 6) is -1.47. The Morgan fingerprint density at radius 3 is 2.48 bits per heavy atom. The zero-order chi connectivity index (χ0) is 19.8. The van der Waals surface area contributed by atoms with Crippen molar-refractivity contribution in [2.75, 3.05) is 6.61 Å². The minimum atomic E-state index is -0.764. The number of hydrogen-bond donors (Lipinski definition) is 1. The van der Waals surface area contributed by atoms with E-state index in [0.29, 0.717) is 18.4 Å². The Hall–Kier alpha value is -2.76. The molecule has 0 spiro atoms. The van der Waals surface area contributed by atoms with Gasteiger partial charge in [-0.25, -0.2) is 9.18 Å². The molecule has 0 saturated carbocycles. The molecular formula is C21H25FN2O3. The van der Waals surface area contributed by atoms with Crippen LogP contribution in [0.25, 0.3) is 0 Å². The largest absolute Gasteiger partial charge is 0.464 e. The van der Waals surface area contributed by atoms with Gasteiger partial charge < -0.3 is 10.1 Å². The van der Waals surface area contributed by atoms with Crippen LogP contribution >= 0.6 is 0 Å². The SMILES string of the molecule is Cc1cccc(CCCOC(=O)C(NC(=O)c2ccc(F)cc2)C(C)C)n1. The van der Waals surface area contributed by atoms with Crippen molar-refractivity contribution in [3.05, 3.63) is 65.2 Å². The molecule has 0 aliphatic carbocycles. The Balaban J connectivity index is 1.85. The zero-order valence-corrected chi connectivity index (χ0v) is 15.9. The summed E-state index contributed by atoms with van der Waals surface area (Å²) in [6.45, 7) is 5.84. The number of nitrogens with zero attached hydrogens (tertiary/aromatic N) is 1. The molecule has 1 unspecified atom stereocenters. The van der Waals surface area contributed by atoms with E-state index in [1.165, 1.54) is 24.3 Å². The minimum absolute atomic E-state index is 0.139. The van der Waals surface area contributed by atoms with Gasteiger partial charge in [0.05, 0.1) is 6.61 Å². The number of pyridine rings is 1. The second-order valence-electron chi connectivity index (χ2n) is 6.74. The van der Waals surface area contributed by atoms with Gasteiger partial charge in [0.15, 0.2) is 0 Å². The van der Waals surface area contributed by atoms with Crippen LogP contribution in [-0.4, -0.2) is 29.5 Å². The molecule has 5 nitrogen and oxygen atoms in total. The number of ether oxygens (including phenoxy) is 1. The topological polar surface area (TPSA) is 68.3 Å². The number of carbonyl (C=O) groups excluding carboxylic acids is 2. The quantitative estimate of drug-likeness (QED) is 0.569. The second-order valence-corrected chi connectivity index (χ2v) is 6.74. The van der Waals surface area contributed by atoms with Crippen LogP contribution in [0.5, 0.6) is 0 Å². The highest BCUT2D eigenvalue weighted by Crippen LogP contribution is 2.09. The van der Waals surface area contributed by atoms with Crippen molar-refractivity contribution in [1.29, 1.82) is 0 Å². The van der Waals surface area contributed by atoms with Crippen LogP contribution in [0, 0.1) is 18.7 Å². The van der Waals surface area contributed by atoms with Crippen LogP contribution in [0.2, 0.25) is 0 Å². The average Bonchev–Trinajstić information content (AvgIpc) is 2.63. The number of hydrogen-bond acceptors (Lipinski definition) is 4. The van der Waals surface area contributed by atoms with E-state index in [-0.39, 0.29) is 12.5 Å². The predicted octanol–water partition coefficient (Wildman–Crippen LogP) is 3.46. The smallest absolute Gasteiger partial charge is 0.328 e. The number of benzene rings is 1. The van der Waals surface area contributed by atoms with Crippen molar-refractivity contribution in [1.82, 2.24) is 10.3 Å². The maximum Gasteiger partial charge on any atom is 0.328 e. The van der Waals surface area contributed by atoms with Gasteiger partial charge in [0.2, 0.25) is 0 Å². The first-order valence-corrected chi connectivity index (χ1v) is 9.02. The first kappa shape index (κ1) is 20.6. The van der Waals surface area contributed by atoms with Crippen molar-refractivity contribution >= 4 is 11.9 Å².